The second-order valence-corrected chi connectivity index (χ2v) is 8.83. The Kier molecular flexibility index (Phi) is 7.07. The Bertz CT molecular complexity index is 440. The Hall–Kier alpha value is -1.11. The van der Waals surface area contributed by atoms with Crippen LogP contribution in [0.2, 0.25) is 0 Å². The van der Waals surface area contributed by atoms with E-state index in [0.29, 0.717) is 24.4 Å². The normalized spacial score (nSPS) is 21.5. The summed E-state index contributed by atoms with van der Waals surface area (Å²) in [5, 5.41) is 7.37. The van der Waals surface area contributed by atoms with Gasteiger partial charge in [0.25, 0.3) is 0 Å². The number of carbonyl (C=O) groups is 1. The number of guanidine groups is 1. The van der Waals surface area contributed by atoms with E-state index in [-0.39, 0.29) is 6.09 Å². The van der Waals surface area contributed by atoms with Crippen LogP contribution >= 0.6 is 11.8 Å². The summed E-state index contributed by atoms with van der Waals surface area (Å²) in [5.74, 6) is 2.08. The number of hydrogen-bond donors (Lipinski definition) is 2. The zero-order valence-electron chi connectivity index (χ0n) is 15.4. The van der Waals surface area contributed by atoms with Gasteiger partial charge in [-0.25, -0.2) is 4.79 Å². The molecule has 0 radical (unpaired) electrons. The Labute approximate surface area is 150 Å². The quantitative estimate of drug-likeness (QED) is 0.565. The van der Waals surface area contributed by atoms with E-state index in [9.17, 15) is 4.79 Å². The first-order valence-corrected chi connectivity index (χ1v) is 9.99. The van der Waals surface area contributed by atoms with Gasteiger partial charge in [0.1, 0.15) is 5.60 Å². The molecule has 2 N–H and O–H groups in total. The van der Waals surface area contributed by atoms with Gasteiger partial charge >= 0.3 is 6.09 Å². The maximum absolute atomic E-state index is 12.3. The van der Waals surface area contributed by atoms with Crippen LogP contribution in [-0.4, -0.2) is 66.3 Å². The molecular formula is C17H32N4O2S. The fraction of sp³-hybridized carbons (Fsp3) is 0.882. The first-order chi connectivity index (χ1) is 11.4. The lowest BCUT2D eigenvalue weighted by Crippen LogP contribution is -2.46. The molecule has 0 aromatic carbocycles. The number of hydrogen-bond acceptors (Lipinski definition) is 4. The Morgan fingerprint density at radius 1 is 1.29 bits per heavy atom. The maximum Gasteiger partial charge on any atom is 0.410 e. The second-order valence-electron chi connectivity index (χ2n) is 7.42. The summed E-state index contributed by atoms with van der Waals surface area (Å²) in [6, 6.07) is 0.339. The number of aliphatic imine (C=N–C) groups is 1. The fourth-order valence-corrected chi connectivity index (χ4v) is 3.86. The first-order valence-electron chi connectivity index (χ1n) is 8.95. The summed E-state index contributed by atoms with van der Waals surface area (Å²) < 4.78 is 5.51. The maximum atomic E-state index is 12.3. The summed E-state index contributed by atoms with van der Waals surface area (Å²) in [6.07, 6.45) is 4.53. The molecule has 1 aliphatic heterocycles. The van der Waals surface area contributed by atoms with E-state index in [1.807, 2.05) is 37.4 Å². The zero-order chi connectivity index (χ0) is 17.6. The van der Waals surface area contributed by atoms with Gasteiger partial charge in [-0.2, -0.15) is 11.8 Å². The van der Waals surface area contributed by atoms with Crippen LogP contribution in [0.4, 0.5) is 4.79 Å². The van der Waals surface area contributed by atoms with Gasteiger partial charge in [0.2, 0.25) is 0 Å². The molecule has 0 aromatic heterocycles. The Morgan fingerprint density at radius 2 is 2.04 bits per heavy atom. The summed E-state index contributed by atoms with van der Waals surface area (Å²) in [6.45, 7) is 7.97. The van der Waals surface area contributed by atoms with Crippen molar-refractivity contribution < 1.29 is 9.53 Å². The van der Waals surface area contributed by atoms with Crippen LogP contribution in [0, 0.1) is 0 Å². The number of ether oxygens (including phenoxy) is 1. The van der Waals surface area contributed by atoms with Crippen LogP contribution in [0.1, 0.15) is 46.5 Å². The number of nitrogens with zero attached hydrogens (tertiary/aromatic N) is 2. The lowest BCUT2D eigenvalue weighted by atomic mass is 10.2. The van der Waals surface area contributed by atoms with Crippen LogP contribution in [0.25, 0.3) is 0 Å². The highest BCUT2D eigenvalue weighted by Crippen LogP contribution is 2.28. The van der Waals surface area contributed by atoms with Crippen LogP contribution in [-0.2, 0) is 4.74 Å². The molecule has 2 rings (SSSR count). The molecule has 1 aliphatic carbocycles. The van der Waals surface area contributed by atoms with E-state index in [0.717, 1.165) is 25.3 Å². The molecule has 0 bridgehead atoms. The van der Waals surface area contributed by atoms with E-state index in [1.165, 1.54) is 18.6 Å². The van der Waals surface area contributed by atoms with Crippen LogP contribution in [0.5, 0.6) is 0 Å². The van der Waals surface area contributed by atoms with Gasteiger partial charge < -0.3 is 20.3 Å². The molecule has 138 valence electrons. The Morgan fingerprint density at radius 3 is 2.58 bits per heavy atom. The van der Waals surface area contributed by atoms with Crippen LogP contribution < -0.4 is 10.6 Å². The highest BCUT2D eigenvalue weighted by Gasteiger charge is 2.34. The van der Waals surface area contributed by atoms with E-state index < -0.39 is 5.60 Å². The molecule has 6 nitrogen and oxygen atoms in total. The van der Waals surface area contributed by atoms with Crippen molar-refractivity contribution in [2.24, 2.45) is 4.99 Å². The lowest BCUT2D eigenvalue weighted by molar-refractivity contribution is 0.0238. The minimum absolute atomic E-state index is 0.211. The van der Waals surface area contributed by atoms with Gasteiger partial charge in [-0.3, -0.25) is 4.99 Å². The molecule has 24 heavy (non-hydrogen) atoms. The van der Waals surface area contributed by atoms with Crippen molar-refractivity contribution in [1.29, 1.82) is 0 Å². The van der Waals surface area contributed by atoms with Gasteiger partial charge in [0.15, 0.2) is 5.96 Å². The third-order valence-electron chi connectivity index (χ3n) is 4.01. The topological polar surface area (TPSA) is 66.0 Å². The highest BCUT2D eigenvalue weighted by molar-refractivity contribution is 8.00. The first kappa shape index (κ1) is 19.2. The molecule has 1 unspecified atom stereocenters. The van der Waals surface area contributed by atoms with E-state index in [4.69, 9.17) is 4.74 Å². The summed E-state index contributed by atoms with van der Waals surface area (Å²) in [5.41, 5.74) is -0.450. The number of carbonyl (C=O) groups excluding carboxylic acids is 1. The summed E-state index contributed by atoms with van der Waals surface area (Å²) in [4.78, 5) is 18.4. The standard InChI is InChI=1S/C17H32N4O2S/c1-17(2,3)23-16(22)21(13-7-8-13)10-9-19-15(18-4)20-12-14-6-5-11-24-14/h13-14H,5-12H2,1-4H3,(H2,18,19,20). The molecule has 7 heteroatoms. The number of nitrogens with one attached hydrogen (secondary N) is 2. The number of rotatable bonds is 6. The molecule has 1 atom stereocenters. The second kappa shape index (κ2) is 8.83. The lowest BCUT2D eigenvalue weighted by Gasteiger charge is -2.27. The van der Waals surface area contributed by atoms with E-state index >= 15 is 0 Å². The third-order valence-corrected chi connectivity index (χ3v) is 5.40. The number of thioether (sulfide) groups is 1. The van der Waals surface area contributed by atoms with Gasteiger partial charge in [-0.15, -0.1) is 0 Å². The molecule has 2 aliphatic rings. The van der Waals surface area contributed by atoms with Crippen molar-refractivity contribution in [2.45, 2.75) is 63.3 Å². The zero-order valence-corrected chi connectivity index (χ0v) is 16.2. The fourth-order valence-electron chi connectivity index (χ4n) is 2.66. The SMILES string of the molecule is CN=C(NCCN(C(=O)OC(C)(C)C)C1CC1)NCC1CCCS1. The van der Waals surface area contributed by atoms with Gasteiger partial charge in [-0.05, 0) is 52.2 Å². The third kappa shape index (κ3) is 6.79. The average molecular weight is 357 g/mol. The minimum Gasteiger partial charge on any atom is -0.444 e. The van der Waals surface area contributed by atoms with Crippen LogP contribution in [0.15, 0.2) is 4.99 Å². The molecule has 1 amide bonds. The molecule has 0 spiro atoms. The van der Waals surface area contributed by atoms with Crippen molar-refractivity contribution in [3.63, 3.8) is 0 Å². The van der Waals surface area contributed by atoms with Gasteiger partial charge in [-0.1, -0.05) is 0 Å². The van der Waals surface area contributed by atoms with E-state index in [2.05, 4.69) is 15.6 Å². The highest BCUT2D eigenvalue weighted by atomic mass is 32.2. The van der Waals surface area contributed by atoms with Crippen LogP contribution in [0.3, 0.4) is 0 Å². The smallest absolute Gasteiger partial charge is 0.410 e. The van der Waals surface area contributed by atoms with Gasteiger partial charge in [0.05, 0.1) is 0 Å². The summed E-state index contributed by atoms with van der Waals surface area (Å²) >= 11 is 2.03. The van der Waals surface area contributed by atoms with Crippen molar-refractivity contribution in [3.05, 3.63) is 0 Å². The van der Waals surface area contributed by atoms with Crippen molar-refractivity contribution in [1.82, 2.24) is 15.5 Å². The summed E-state index contributed by atoms with van der Waals surface area (Å²) in [7, 11) is 1.78. The predicted molar refractivity (Wildman–Crippen MR) is 101 cm³/mol. The molecule has 2 fully saturated rings. The van der Waals surface area contributed by atoms with Crippen molar-refractivity contribution >= 4 is 23.8 Å². The molecule has 1 saturated heterocycles. The number of amides is 1. The average Bonchev–Trinajstić information content (AvgIpc) is 3.19. The molecule has 0 aromatic rings. The molecule has 1 heterocycles. The minimum atomic E-state index is -0.450. The van der Waals surface area contributed by atoms with Crippen molar-refractivity contribution in [3.8, 4) is 0 Å². The monoisotopic (exact) mass is 356 g/mol. The molecule has 1 saturated carbocycles. The predicted octanol–water partition coefficient (Wildman–Crippen LogP) is 2.45. The molecular weight excluding hydrogens is 324 g/mol. The Balaban J connectivity index is 1.71. The van der Waals surface area contributed by atoms with E-state index in [1.54, 1.807) is 7.05 Å². The van der Waals surface area contributed by atoms with Gasteiger partial charge in [0, 0.05) is 38.0 Å². The van der Waals surface area contributed by atoms with Crippen molar-refractivity contribution in [2.75, 3.05) is 32.4 Å². The largest absolute Gasteiger partial charge is 0.444 e.